The van der Waals surface area contributed by atoms with Gasteiger partial charge >= 0.3 is 0 Å². The molecule has 1 aromatic carbocycles. The van der Waals surface area contributed by atoms with E-state index in [2.05, 4.69) is 5.32 Å². The second-order valence-electron chi connectivity index (χ2n) is 5.67. The second-order valence-corrected chi connectivity index (χ2v) is 8.74. The highest BCUT2D eigenvalue weighted by molar-refractivity contribution is 7.89. The van der Waals surface area contributed by atoms with Crippen molar-refractivity contribution in [1.29, 1.82) is 0 Å². The average Bonchev–Trinajstić information content (AvgIpc) is 3.31. The van der Waals surface area contributed by atoms with Gasteiger partial charge in [0, 0.05) is 32.2 Å². The van der Waals surface area contributed by atoms with Gasteiger partial charge in [-0.15, -0.1) is 0 Å². The normalized spacial score (nSPS) is 19.7. The van der Waals surface area contributed by atoms with Gasteiger partial charge in [-0.3, -0.25) is 0 Å². The van der Waals surface area contributed by atoms with Crippen molar-refractivity contribution in [2.75, 3.05) is 26.2 Å². The molecule has 0 atom stereocenters. The minimum Gasteiger partial charge on any atom is -0.360 e. The van der Waals surface area contributed by atoms with Crippen LogP contribution in [0.2, 0.25) is 10.0 Å². The number of nitrogens with one attached hydrogen (secondary N) is 1. The Balaban J connectivity index is 1.70. The van der Waals surface area contributed by atoms with Gasteiger partial charge in [0.25, 0.3) is 0 Å². The number of benzene rings is 1. The van der Waals surface area contributed by atoms with Crippen LogP contribution in [-0.4, -0.2) is 55.0 Å². The zero-order valence-electron chi connectivity index (χ0n) is 12.3. The Labute approximate surface area is 151 Å². The molecule has 0 radical (unpaired) electrons. The molecule has 5 nitrogen and oxygen atoms in total. The monoisotopic (exact) mass is 393 g/mol. The van der Waals surface area contributed by atoms with Crippen LogP contribution in [0.3, 0.4) is 0 Å². The summed E-state index contributed by atoms with van der Waals surface area (Å²) in [4.78, 5) is 1.99. The van der Waals surface area contributed by atoms with Gasteiger partial charge in [-0.1, -0.05) is 29.3 Å². The van der Waals surface area contributed by atoms with Crippen LogP contribution < -0.4 is 5.32 Å². The van der Waals surface area contributed by atoms with Gasteiger partial charge < -0.3 is 10.2 Å². The van der Waals surface area contributed by atoms with Crippen LogP contribution in [0.15, 0.2) is 23.1 Å². The van der Waals surface area contributed by atoms with E-state index in [9.17, 15) is 8.42 Å². The molecule has 9 heteroatoms. The van der Waals surface area contributed by atoms with E-state index in [4.69, 9.17) is 35.4 Å². The van der Waals surface area contributed by atoms with Crippen molar-refractivity contribution in [3.8, 4) is 0 Å². The SMILES string of the molecule is O=S(=O)(c1c(Cl)cccc1Cl)N1CCN(C(=S)NC2CC2)CC1. The van der Waals surface area contributed by atoms with Crippen molar-refractivity contribution in [1.82, 2.24) is 14.5 Å². The number of piperazine rings is 1. The van der Waals surface area contributed by atoms with Crippen LogP contribution >= 0.6 is 35.4 Å². The fraction of sp³-hybridized carbons (Fsp3) is 0.500. The van der Waals surface area contributed by atoms with E-state index in [0.29, 0.717) is 37.3 Å². The first kappa shape index (κ1) is 17.2. The van der Waals surface area contributed by atoms with E-state index in [-0.39, 0.29) is 14.9 Å². The summed E-state index contributed by atoms with van der Waals surface area (Å²) >= 11 is 17.5. The standard InChI is InChI=1S/C14H17Cl2N3O2S2/c15-11-2-1-3-12(16)13(11)23(20,21)19-8-6-18(7-9-19)14(22)17-10-4-5-10/h1-3,10H,4-9H2,(H,17,22). The molecular formula is C14H17Cl2N3O2S2. The van der Waals surface area contributed by atoms with Gasteiger partial charge in [0.05, 0.1) is 10.0 Å². The third-order valence-corrected chi connectivity index (χ3v) is 7.18. The zero-order chi connectivity index (χ0) is 16.6. The summed E-state index contributed by atoms with van der Waals surface area (Å²) < 4.78 is 27.0. The van der Waals surface area contributed by atoms with Gasteiger partial charge in [-0.05, 0) is 37.2 Å². The predicted molar refractivity (Wildman–Crippen MR) is 95.5 cm³/mol. The van der Waals surface area contributed by atoms with Crippen molar-refractivity contribution >= 4 is 50.6 Å². The molecule has 1 saturated carbocycles. The highest BCUT2D eigenvalue weighted by atomic mass is 35.5. The molecule has 0 spiro atoms. The zero-order valence-corrected chi connectivity index (χ0v) is 15.5. The first-order valence-electron chi connectivity index (χ1n) is 7.39. The molecule has 0 bridgehead atoms. The van der Waals surface area contributed by atoms with Crippen LogP contribution in [0.4, 0.5) is 0 Å². The molecule has 0 amide bonds. The van der Waals surface area contributed by atoms with Gasteiger partial charge in [-0.2, -0.15) is 4.31 Å². The highest BCUT2D eigenvalue weighted by Crippen LogP contribution is 2.31. The Morgan fingerprint density at radius 2 is 1.70 bits per heavy atom. The molecule has 1 aliphatic carbocycles. The Kier molecular flexibility index (Phi) is 5.04. The van der Waals surface area contributed by atoms with Crippen LogP contribution in [0.25, 0.3) is 0 Å². The van der Waals surface area contributed by atoms with Crippen molar-refractivity contribution in [2.45, 2.75) is 23.8 Å². The van der Waals surface area contributed by atoms with Gasteiger partial charge in [0.15, 0.2) is 5.11 Å². The van der Waals surface area contributed by atoms with Gasteiger partial charge in [-0.25, -0.2) is 8.42 Å². The van der Waals surface area contributed by atoms with E-state index < -0.39 is 10.0 Å². The molecule has 2 aliphatic rings. The third kappa shape index (κ3) is 3.74. The Hall–Kier alpha value is -0.600. The van der Waals surface area contributed by atoms with Crippen LogP contribution in [0, 0.1) is 0 Å². The van der Waals surface area contributed by atoms with Crippen molar-refractivity contribution < 1.29 is 8.42 Å². The first-order chi connectivity index (χ1) is 10.9. The summed E-state index contributed by atoms with van der Waals surface area (Å²) in [6.45, 7) is 1.83. The number of halogens is 2. The maximum Gasteiger partial charge on any atom is 0.246 e. The summed E-state index contributed by atoms with van der Waals surface area (Å²) in [7, 11) is -3.70. The molecule has 2 fully saturated rings. The lowest BCUT2D eigenvalue weighted by Gasteiger charge is -2.35. The largest absolute Gasteiger partial charge is 0.360 e. The van der Waals surface area contributed by atoms with E-state index in [0.717, 1.165) is 12.8 Å². The lowest BCUT2D eigenvalue weighted by atomic mass is 10.4. The smallest absolute Gasteiger partial charge is 0.246 e. The van der Waals surface area contributed by atoms with E-state index in [1.165, 1.54) is 16.4 Å². The van der Waals surface area contributed by atoms with Gasteiger partial charge in [0.1, 0.15) is 4.90 Å². The van der Waals surface area contributed by atoms with E-state index >= 15 is 0 Å². The summed E-state index contributed by atoms with van der Waals surface area (Å²) in [5.41, 5.74) is 0. The molecule has 0 aromatic heterocycles. The van der Waals surface area contributed by atoms with E-state index in [1.807, 2.05) is 4.90 Å². The van der Waals surface area contributed by atoms with Crippen LogP contribution in [0.1, 0.15) is 12.8 Å². The third-order valence-electron chi connectivity index (χ3n) is 3.95. The van der Waals surface area contributed by atoms with Crippen LogP contribution in [0.5, 0.6) is 0 Å². The molecule has 126 valence electrons. The average molecular weight is 394 g/mol. The molecule has 1 heterocycles. The summed E-state index contributed by atoms with van der Waals surface area (Å²) in [6, 6.07) is 5.19. The van der Waals surface area contributed by atoms with Gasteiger partial charge in [0.2, 0.25) is 10.0 Å². The van der Waals surface area contributed by atoms with Crippen molar-refractivity contribution in [3.05, 3.63) is 28.2 Å². The molecule has 1 saturated heterocycles. The molecule has 1 aromatic rings. The number of nitrogens with zero attached hydrogens (tertiary/aromatic N) is 2. The highest BCUT2D eigenvalue weighted by Gasteiger charge is 2.33. The summed E-state index contributed by atoms with van der Waals surface area (Å²) in [5.74, 6) is 0. The predicted octanol–water partition coefficient (Wildman–Crippen LogP) is 2.34. The quantitative estimate of drug-likeness (QED) is 0.798. The molecule has 23 heavy (non-hydrogen) atoms. The summed E-state index contributed by atoms with van der Waals surface area (Å²) in [5, 5.41) is 4.27. The fourth-order valence-electron chi connectivity index (χ4n) is 2.48. The minimum absolute atomic E-state index is 0.0181. The number of hydrogen-bond acceptors (Lipinski definition) is 3. The molecule has 1 aliphatic heterocycles. The number of rotatable bonds is 3. The van der Waals surface area contributed by atoms with Crippen LogP contribution in [-0.2, 0) is 10.0 Å². The lowest BCUT2D eigenvalue weighted by Crippen LogP contribution is -2.53. The summed E-state index contributed by atoms with van der Waals surface area (Å²) in [6.07, 6.45) is 2.30. The minimum atomic E-state index is -3.70. The Bertz CT molecular complexity index is 694. The lowest BCUT2D eigenvalue weighted by molar-refractivity contribution is 0.264. The van der Waals surface area contributed by atoms with Crippen molar-refractivity contribution in [3.63, 3.8) is 0 Å². The Morgan fingerprint density at radius 3 is 2.22 bits per heavy atom. The Morgan fingerprint density at radius 1 is 1.13 bits per heavy atom. The number of hydrogen-bond donors (Lipinski definition) is 1. The topological polar surface area (TPSA) is 52.7 Å². The molecule has 0 unspecified atom stereocenters. The maximum absolute atomic E-state index is 12.8. The maximum atomic E-state index is 12.8. The first-order valence-corrected chi connectivity index (χ1v) is 9.99. The molecular weight excluding hydrogens is 377 g/mol. The molecule has 1 N–H and O–H groups in total. The van der Waals surface area contributed by atoms with Crippen molar-refractivity contribution in [2.24, 2.45) is 0 Å². The number of sulfonamides is 1. The fourth-order valence-corrected chi connectivity index (χ4v) is 5.35. The van der Waals surface area contributed by atoms with E-state index in [1.54, 1.807) is 6.07 Å². The number of thiocarbonyl (C=S) groups is 1. The molecule has 3 rings (SSSR count). The second kappa shape index (κ2) is 6.72.